The van der Waals surface area contributed by atoms with Crippen LogP contribution >= 0.6 is 35.1 Å². The van der Waals surface area contributed by atoms with E-state index in [4.69, 9.17) is 23.2 Å². The first-order chi connectivity index (χ1) is 11.2. The second-order valence-corrected chi connectivity index (χ2v) is 7.27. The molecule has 0 bridgehead atoms. The van der Waals surface area contributed by atoms with Gasteiger partial charge in [-0.1, -0.05) is 29.3 Å². The van der Waals surface area contributed by atoms with E-state index in [-0.39, 0.29) is 0 Å². The summed E-state index contributed by atoms with van der Waals surface area (Å²) in [4.78, 5) is 5.39. The molecule has 1 aliphatic rings. The van der Waals surface area contributed by atoms with Crippen LogP contribution in [0.3, 0.4) is 0 Å². The molecule has 0 saturated heterocycles. The molecular weight excluding hydrogens is 351 g/mol. The van der Waals surface area contributed by atoms with Crippen LogP contribution in [-0.2, 0) is 12.8 Å². The molecular formula is C16H14Cl2N4S. The predicted molar refractivity (Wildman–Crippen MR) is 95.2 cm³/mol. The van der Waals surface area contributed by atoms with Crippen LogP contribution in [0.15, 0.2) is 35.5 Å². The summed E-state index contributed by atoms with van der Waals surface area (Å²) in [5, 5.41) is 9.35. The molecule has 0 aliphatic heterocycles. The molecule has 1 aromatic carbocycles. The molecule has 2 heterocycles. The Hall–Kier alpha value is -1.27. The number of aromatic amines is 1. The van der Waals surface area contributed by atoms with Gasteiger partial charge >= 0.3 is 0 Å². The first-order valence-electron chi connectivity index (χ1n) is 7.38. The van der Waals surface area contributed by atoms with Crippen molar-refractivity contribution in [1.29, 1.82) is 0 Å². The highest BCUT2D eigenvalue weighted by Gasteiger charge is 2.21. The zero-order chi connectivity index (χ0) is 15.8. The molecule has 1 atom stereocenters. The van der Waals surface area contributed by atoms with Gasteiger partial charge in [0.15, 0.2) is 5.65 Å². The molecule has 0 saturated carbocycles. The molecule has 0 spiro atoms. The molecule has 7 heteroatoms. The summed E-state index contributed by atoms with van der Waals surface area (Å²) in [7, 11) is 0. The van der Waals surface area contributed by atoms with Crippen LogP contribution in [0.5, 0.6) is 0 Å². The van der Waals surface area contributed by atoms with Crippen molar-refractivity contribution >= 4 is 46.2 Å². The third-order valence-electron chi connectivity index (χ3n) is 4.14. The molecule has 118 valence electrons. The van der Waals surface area contributed by atoms with E-state index in [0.29, 0.717) is 16.1 Å². The van der Waals surface area contributed by atoms with Gasteiger partial charge in [0.25, 0.3) is 0 Å². The highest BCUT2D eigenvalue weighted by atomic mass is 35.5. The van der Waals surface area contributed by atoms with Gasteiger partial charge in [-0.25, -0.2) is 4.98 Å². The Balaban J connectivity index is 1.49. The third-order valence-corrected chi connectivity index (χ3v) is 6.08. The number of rotatable bonds is 3. The summed E-state index contributed by atoms with van der Waals surface area (Å²) in [5.41, 5.74) is 3.53. The zero-order valence-corrected chi connectivity index (χ0v) is 14.5. The van der Waals surface area contributed by atoms with E-state index in [0.717, 1.165) is 35.2 Å². The van der Waals surface area contributed by atoms with Crippen molar-refractivity contribution < 1.29 is 0 Å². The largest absolute Gasteiger partial charge is 0.261 e. The van der Waals surface area contributed by atoms with Crippen molar-refractivity contribution in [2.24, 2.45) is 0 Å². The number of nitrogens with one attached hydrogen (secondary N) is 2. The molecule has 1 aliphatic carbocycles. The number of pyridine rings is 1. The van der Waals surface area contributed by atoms with Crippen molar-refractivity contribution in [2.75, 3.05) is 0 Å². The fourth-order valence-electron chi connectivity index (χ4n) is 2.96. The monoisotopic (exact) mass is 364 g/mol. The average Bonchev–Trinajstić information content (AvgIpc) is 3.05. The zero-order valence-electron chi connectivity index (χ0n) is 12.1. The number of aromatic nitrogens is 3. The van der Waals surface area contributed by atoms with E-state index in [2.05, 4.69) is 19.9 Å². The fourth-order valence-corrected chi connectivity index (χ4v) is 4.27. The summed E-state index contributed by atoms with van der Waals surface area (Å²) in [5.74, 6) is 0. The van der Waals surface area contributed by atoms with E-state index >= 15 is 0 Å². The fraction of sp³-hybridized carbons (Fsp3) is 0.250. The van der Waals surface area contributed by atoms with Crippen LogP contribution in [-0.4, -0.2) is 21.2 Å². The van der Waals surface area contributed by atoms with Gasteiger partial charge in [0.05, 0.1) is 16.2 Å². The number of nitrogens with zero attached hydrogens (tertiary/aromatic N) is 2. The van der Waals surface area contributed by atoms with Crippen molar-refractivity contribution in [1.82, 2.24) is 19.9 Å². The summed E-state index contributed by atoms with van der Waals surface area (Å²) < 4.78 is 3.51. The summed E-state index contributed by atoms with van der Waals surface area (Å²) in [6.07, 6.45) is 6.88. The molecule has 23 heavy (non-hydrogen) atoms. The first-order valence-corrected chi connectivity index (χ1v) is 8.96. The Bertz CT molecular complexity index is 864. The summed E-state index contributed by atoms with van der Waals surface area (Å²) in [6.45, 7) is 0. The quantitative estimate of drug-likeness (QED) is 0.675. The van der Waals surface area contributed by atoms with Gasteiger partial charge in [0.1, 0.15) is 0 Å². The van der Waals surface area contributed by atoms with Gasteiger partial charge in [-0.3, -0.25) is 9.82 Å². The average molecular weight is 365 g/mol. The molecule has 2 N–H and O–H groups in total. The Morgan fingerprint density at radius 3 is 3.09 bits per heavy atom. The van der Waals surface area contributed by atoms with E-state index < -0.39 is 0 Å². The standard InChI is InChI=1S/C16H14Cl2N4S/c17-13-2-1-3-14(15(13)18)23-22-10-4-5-11-9(6-10)7-19-16-12(11)8-20-21-16/h1-3,7-8,10,22H,4-6H2,(H,19,20,21). The maximum Gasteiger partial charge on any atom is 0.155 e. The number of halogens is 2. The lowest BCUT2D eigenvalue weighted by atomic mass is 9.88. The Morgan fingerprint density at radius 2 is 2.17 bits per heavy atom. The molecule has 4 nitrogen and oxygen atoms in total. The van der Waals surface area contributed by atoms with Crippen molar-refractivity contribution in [3.8, 4) is 0 Å². The van der Waals surface area contributed by atoms with Gasteiger partial charge in [-0.05, 0) is 54.5 Å². The number of fused-ring (bicyclic) bond motifs is 3. The number of hydrogen-bond donors (Lipinski definition) is 2. The number of H-pyrrole nitrogens is 1. The molecule has 3 aromatic rings. The second kappa shape index (κ2) is 6.32. The molecule has 0 amide bonds. The van der Waals surface area contributed by atoms with E-state index in [1.165, 1.54) is 11.1 Å². The van der Waals surface area contributed by atoms with Crippen molar-refractivity contribution in [2.45, 2.75) is 30.2 Å². The molecule has 0 radical (unpaired) electrons. The van der Waals surface area contributed by atoms with Gasteiger partial charge in [0, 0.05) is 22.5 Å². The first kappa shape index (κ1) is 15.3. The number of benzene rings is 1. The second-order valence-electron chi connectivity index (χ2n) is 5.61. The maximum absolute atomic E-state index is 6.23. The van der Waals surface area contributed by atoms with Gasteiger partial charge in [0.2, 0.25) is 0 Å². The smallest absolute Gasteiger partial charge is 0.155 e. The summed E-state index contributed by atoms with van der Waals surface area (Å²) >= 11 is 13.8. The van der Waals surface area contributed by atoms with Crippen LogP contribution in [0.2, 0.25) is 10.0 Å². The van der Waals surface area contributed by atoms with Crippen LogP contribution < -0.4 is 4.72 Å². The van der Waals surface area contributed by atoms with E-state index in [1.54, 1.807) is 18.0 Å². The van der Waals surface area contributed by atoms with Crippen LogP contribution in [0.4, 0.5) is 0 Å². The van der Waals surface area contributed by atoms with E-state index in [9.17, 15) is 0 Å². The molecule has 4 rings (SSSR count). The Morgan fingerprint density at radius 1 is 1.26 bits per heavy atom. The van der Waals surface area contributed by atoms with Gasteiger partial charge in [-0.2, -0.15) is 5.10 Å². The van der Waals surface area contributed by atoms with Crippen molar-refractivity contribution in [3.05, 3.63) is 51.8 Å². The lowest BCUT2D eigenvalue weighted by Crippen LogP contribution is -2.30. The van der Waals surface area contributed by atoms with Gasteiger partial charge in [-0.15, -0.1) is 0 Å². The minimum atomic E-state index is 0.383. The lowest BCUT2D eigenvalue weighted by molar-refractivity contribution is 0.547. The SMILES string of the molecule is Clc1cccc(SNC2CCc3c(cnc4[nH]ncc34)C2)c1Cl. The van der Waals surface area contributed by atoms with Crippen LogP contribution in [0.25, 0.3) is 11.0 Å². The molecule has 1 unspecified atom stereocenters. The van der Waals surface area contributed by atoms with Crippen LogP contribution in [0, 0.1) is 0 Å². The Labute approximate surface area is 148 Å². The maximum atomic E-state index is 6.23. The van der Waals surface area contributed by atoms with Gasteiger partial charge < -0.3 is 0 Å². The summed E-state index contributed by atoms with van der Waals surface area (Å²) in [6, 6.07) is 6.06. The molecule has 2 aromatic heterocycles. The molecule has 0 fully saturated rings. The van der Waals surface area contributed by atoms with E-state index in [1.807, 2.05) is 24.5 Å². The highest BCUT2D eigenvalue weighted by Crippen LogP contribution is 2.33. The highest BCUT2D eigenvalue weighted by molar-refractivity contribution is 7.97. The number of aryl methyl sites for hydroxylation is 1. The minimum Gasteiger partial charge on any atom is -0.261 e. The van der Waals surface area contributed by atoms with Crippen molar-refractivity contribution in [3.63, 3.8) is 0 Å². The number of hydrogen-bond acceptors (Lipinski definition) is 4. The van der Waals surface area contributed by atoms with Crippen LogP contribution in [0.1, 0.15) is 17.5 Å². The minimum absolute atomic E-state index is 0.383. The third kappa shape index (κ3) is 2.94. The lowest BCUT2D eigenvalue weighted by Gasteiger charge is -2.25. The topological polar surface area (TPSA) is 53.6 Å². The predicted octanol–water partition coefficient (Wildman–Crippen LogP) is 4.42. The Kier molecular flexibility index (Phi) is 4.20. The normalized spacial score (nSPS) is 17.4.